The van der Waals surface area contributed by atoms with Crippen molar-refractivity contribution in [2.75, 3.05) is 0 Å². The molecule has 0 unspecified atom stereocenters. The van der Waals surface area contributed by atoms with E-state index in [-0.39, 0.29) is 0 Å². The molecule has 0 saturated carbocycles. The summed E-state index contributed by atoms with van der Waals surface area (Å²) in [5.41, 5.74) is 7.26. The summed E-state index contributed by atoms with van der Waals surface area (Å²) in [5.74, 6) is 0. The van der Waals surface area contributed by atoms with E-state index in [9.17, 15) is 0 Å². The highest BCUT2D eigenvalue weighted by atomic mass is 16.3. The lowest BCUT2D eigenvalue weighted by Gasteiger charge is -2.18. The van der Waals surface area contributed by atoms with Gasteiger partial charge in [-0.3, -0.25) is 0 Å². The minimum absolute atomic E-state index is 0.909. The predicted octanol–water partition coefficient (Wildman–Crippen LogP) is 12.1. The smallest absolute Gasteiger partial charge is 0.143 e. The predicted molar refractivity (Wildman–Crippen MR) is 190 cm³/mol. The van der Waals surface area contributed by atoms with Crippen LogP contribution in [0.25, 0.3) is 98.3 Å². The minimum Gasteiger partial charge on any atom is -0.455 e. The Labute approximate surface area is 258 Å². The van der Waals surface area contributed by atoms with Crippen molar-refractivity contribution < 1.29 is 4.42 Å². The van der Waals surface area contributed by atoms with Gasteiger partial charge in [0.1, 0.15) is 11.2 Å². The van der Waals surface area contributed by atoms with Gasteiger partial charge in [0.05, 0.1) is 11.2 Å². The summed E-state index contributed by atoms with van der Waals surface area (Å²) in [4.78, 5) is 5.18. The minimum atomic E-state index is 0.909. The van der Waals surface area contributed by atoms with Crippen molar-refractivity contribution in [1.29, 1.82) is 0 Å². The van der Waals surface area contributed by atoms with Gasteiger partial charge in [-0.1, -0.05) is 121 Å². The molecule has 0 spiro atoms. The van der Waals surface area contributed by atoms with Gasteiger partial charge in [0.2, 0.25) is 0 Å². The first kappa shape index (κ1) is 24.5. The molecule has 0 radical (unpaired) electrons. The standard InChI is InChI=1S/C43H25NO/c1-2-13-28-25-39-35(23-27(28)12-1)42-30-15-5-3-14-29(30)24-36(43(42)45-39)40-31-16-6-8-18-33(31)41(34-19-9-7-17-32(34)40)38-22-21-26-11-4-10-20-37(26)44-38/h1-25H. The van der Waals surface area contributed by atoms with Crippen molar-refractivity contribution >= 4 is 75.9 Å². The molecule has 10 rings (SSSR count). The summed E-state index contributed by atoms with van der Waals surface area (Å²) < 4.78 is 6.90. The van der Waals surface area contributed by atoms with Crippen LogP contribution in [0.1, 0.15) is 0 Å². The summed E-state index contributed by atoms with van der Waals surface area (Å²) in [6.07, 6.45) is 0. The van der Waals surface area contributed by atoms with Crippen LogP contribution in [0.2, 0.25) is 0 Å². The highest BCUT2D eigenvalue weighted by Gasteiger charge is 2.22. The van der Waals surface area contributed by atoms with Crippen LogP contribution in [0.4, 0.5) is 0 Å². The Balaban J connectivity index is 1.38. The number of para-hydroxylation sites is 1. The van der Waals surface area contributed by atoms with Gasteiger partial charge < -0.3 is 4.42 Å². The average molecular weight is 572 g/mol. The molecule has 2 heterocycles. The van der Waals surface area contributed by atoms with Gasteiger partial charge in [-0.2, -0.15) is 0 Å². The van der Waals surface area contributed by atoms with E-state index in [0.29, 0.717) is 0 Å². The van der Waals surface area contributed by atoms with Crippen LogP contribution in [-0.2, 0) is 0 Å². The van der Waals surface area contributed by atoms with E-state index in [1.54, 1.807) is 0 Å². The van der Waals surface area contributed by atoms with Crippen LogP contribution in [0.3, 0.4) is 0 Å². The molecular weight excluding hydrogens is 546 g/mol. The summed E-state index contributed by atoms with van der Waals surface area (Å²) >= 11 is 0. The Bertz CT molecular complexity index is 2770. The highest BCUT2D eigenvalue weighted by Crippen LogP contribution is 2.48. The van der Waals surface area contributed by atoms with Gasteiger partial charge in [0.25, 0.3) is 0 Å². The van der Waals surface area contributed by atoms with E-state index in [0.717, 1.165) is 49.7 Å². The zero-order valence-electron chi connectivity index (χ0n) is 24.3. The Hall–Kier alpha value is -5.99. The molecule has 2 nitrogen and oxygen atoms in total. The summed E-state index contributed by atoms with van der Waals surface area (Å²) in [7, 11) is 0. The Kier molecular flexibility index (Phi) is 5.03. The highest BCUT2D eigenvalue weighted by molar-refractivity contribution is 6.28. The molecule has 0 amide bonds. The number of benzene rings is 8. The van der Waals surface area contributed by atoms with Crippen molar-refractivity contribution in [1.82, 2.24) is 4.98 Å². The van der Waals surface area contributed by atoms with E-state index < -0.39 is 0 Å². The molecule has 0 atom stereocenters. The lowest BCUT2D eigenvalue weighted by Crippen LogP contribution is -1.93. The molecule has 2 aromatic heterocycles. The quantitative estimate of drug-likeness (QED) is 0.193. The third kappa shape index (κ3) is 3.54. The second-order valence-corrected chi connectivity index (χ2v) is 11.9. The van der Waals surface area contributed by atoms with Crippen molar-refractivity contribution in [3.8, 4) is 22.4 Å². The molecular formula is C43H25NO. The molecule has 0 aliphatic carbocycles. The lowest BCUT2D eigenvalue weighted by molar-refractivity contribution is 0.671. The van der Waals surface area contributed by atoms with E-state index in [1.165, 1.54) is 48.7 Å². The number of pyridine rings is 1. The molecule has 0 saturated heterocycles. The van der Waals surface area contributed by atoms with Gasteiger partial charge in [-0.25, -0.2) is 4.98 Å². The molecule has 8 aromatic carbocycles. The number of hydrogen-bond acceptors (Lipinski definition) is 2. The lowest BCUT2D eigenvalue weighted by atomic mass is 9.86. The van der Waals surface area contributed by atoms with Crippen LogP contribution in [0.15, 0.2) is 156 Å². The number of fused-ring (bicyclic) bond motifs is 9. The number of rotatable bonds is 2. The van der Waals surface area contributed by atoms with Crippen molar-refractivity contribution in [2.45, 2.75) is 0 Å². The fraction of sp³-hybridized carbons (Fsp3) is 0. The van der Waals surface area contributed by atoms with E-state index in [4.69, 9.17) is 9.40 Å². The van der Waals surface area contributed by atoms with E-state index >= 15 is 0 Å². The zero-order chi connectivity index (χ0) is 29.5. The van der Waals surface area contributed by atoms with Gasteiger partial charge in [0.15, 0.2) is 0 Å². The van der Waals surface area contributed by atoms with E-state index in [1.807, 2.05) is 0 Å². The zero-order valence-corrected chi connectivity index (χ0v) is 24.3. The summed E-state index contributed by atoms with van der Waals surface area (Å²) in [6.45, 7) is 0. The maximum absolute atomic E-state index is 6.90. The molecule has 0 N–H and O–H groups in total. The van der Waals surface area contributed by atoms with Gasteiger partial charge >= 0.3 is 0 Å². The van der Waals surface area contributed by atoms with Crippen LogP contribution < -0.4 is 0 Å². The van der Waals surface area contributed by atoms with Crippen LogP contribution in [-0.4, -0.2) is 4.98 Å². The third-order valence-electron chi connectivity index (χ3n) is 9.39. The van der Waals surface area contributed by atoms with Crippen LogP contribution in [0.5, 0.6) is 0 Å². The molecule has 10 aromatic rings. The average Bonchev–Trinajstić information content (AvgIpc) is 3.47. The van der Waals surface area contributed by atoms with Crippen LogP contribution in [0, 0.1) is 0 Å². The van der Waals surface area contributed by atoms with Crippen molar-refractivity contribution in [3.05, 3.63) is 152 Å². The number of hydrogen-bond donors (Lipinski definition) is 0. The van der Waals surface area contributed by atoms with Gasteiger partial charge in [0, 0.05) is 32.8 Å². The molecule has 208 valence electrons. The first-order chi connectivity index (χ1) is 22.3. The molecule has 45 heavy (non-hydrogen) atoms. The SMILES string of the molecule is c1ccc2cc3c(cc2c1)oc1c(-c2c4ccccc4c(-c4ccc5ccccc5n4)c4ccccc24)cc2ccccc2c13. The van der Waals surface area contributed by atoms with Crippen LogP contribution >= 0.6 is 0 Å². The topological polar surface area (TPSA) is 26.0 Å². The number of nitrogens with zero attached hydrogens (tertiary/aromatic N) is 1. The second kappa shape index (κ2) is 9.25. The maximum atomic E-state index is 6.90. The first-order valence-corrected chi connectivity index (χ1v) is 15.4. The Morgan fingerprint density at radius 3 is 1.67 bits per heavy atom. The molecule has 0 fully saturated rings. The monoisotopic (exact) mass is 571 g/mol. The van der Waals surface area contributed by atoms with Crippen molar-refractivity contribution in [3.63, 3.8) is 0 Å². The first-order valence-electron chi connectivity index (χ1n) is 15.4. The number of furan rings is 1. The fourth-order valence-electron chi connectivity index (χ4n) is 7.40. The maximum Gasteiger partial charge on any atom is 0.143 e. The molecule has 0 aliphatic heterocycles. The Morgan fingerprint density at radius 2 is 0.956 bits per heavy atom. The van der Waals surface area contributed by atoms with E-state index in [2.05, 4.69) is 152 Å². The molecule has 0 aliphatic rings. The fourth-order valence-corrected chi connectivity index (χ4v) is 7.40. The largest absolute Gasteiger partial charge is 0.455 e. The normalized spacial score (nSPS) is 12.0. The molecule has 2 heteroatoms. The van der Waals surface area contributed by atoms with Gasteiger partial charge in [-0.15, -0.1) is 0 Å². The Morgan fingerprint density at radius 1 is 0.400 bits per heavy atom. The number of aromatic nitrogens is 1. The summed E-state index contributed by atoms with van der Waals surface area (Å²) in [6, 6.07) is 54.2. The summed E-state index contributed by atoms with van der Waals surface area (Å²) in [5, 5.41) is 13.0. The van der Waals surface area contributed by atoms with Gasteiger partial charge in [-0.05, 0) is 73.4 Å². The second-order valence-electron chi connectivity index (χ2n) is 11.9. The molecule has 0 bridgehead atoms. The third-order valence-corrected chi connectivity index (χ3v) is 9.39. The van der Waals surface area contributed by atoms with Crippen molar-refractivity contribution in [2.24, 2.45) is 0 Å².